The summed E-state index contributed by atoms with van der Waals surface area (Å²) in [6, 6.07) is 0.474. The van der Waals surface area contributed by atoms with Crippen molar-refractivity contribution in [3.05, 3.63) is 0 Å². The number of hydrogen-bond donors (Lipinski definition) is 1. The Balaban J connectivity index is 1.71. The quantitative estimate of drug-likeness (QED) is 0.781. The first-order valence-corrected chi connectivity index (χ1v) is 7.03. The minimum atomic E-state index is 0.474. The van der Waals surface area contributed by atoms with Crippen LogP contribution in [0.2, 0.25) is 0 Å². The van der Waals surface area contributed by atoms with E-state index in [0.29, 0.717) is 11.5 Å². The summed E-state index contributed by atoms with van der Waals surface area (Å²) in [5, 5.41) is 0. The molecule has 0 radical (unpaired) electrons. The first-order chi connectivity index (χ1) is 7.55. The number of piperidine rings is 1. The molecule has 2 aliphatic rings. The average molecular weight is 224 g/mol. The van der Waals surface area contributed by atoms with Gasteiger partial charge in [0.1, 0.15) is 0 Å². The monoisotopic (exact) mass is 224 g/mol. The van der Waals surface area contributed by atoms with E-state index in [1.807, 2.05) is 0 Å². The molecule has 1 aliphatic heterocycles. The van der Waals surface area contributed by atoms with Crippen LogP contribution in [0.5, 0.6) is 0 Å². The molecule has 0 aromatic rings. The van der Waals surface area contributed by atoms with Crippen LogP contribution in [-0.4, -0.2) is 30.6 Å². The molecule has 0 unspecified atom stereocenters. The highest BCUT2D eigenvalue weighted by molar-refractivity contribution is 4.82. The molecule has 16 heavy (non-hydrogen) atoms. The van der Waals surface area contributed by atoms with Crippen LogP contribution in [0.3, 0.4) is 0 Å². The van der Waals surface area contributed by atoms with Crippen molar-refractivity contribution in [2.45, 2.75) is 58.4 Å². The Hall–Kier alpha value is -0.0800. The van der Waals surface area contributed by atoms with Crippen molar-refractivity contribution in [2.24, 2.45) is 17.1 Å². The molecule has 0 aromatic carbocycles. The zero-order chi connectivity index (χ0) is 11.6. The van der Waals surface area contributed by atoms with Crippen molar-refractivity contribution in [3.8, 4) is 0 Å². The molecule has 2 nitrogen and oxygen atoms in total. The van der Waals surface area contributed by atoms with Crippen molar-refractivity contribution < 1.29 is 0 Å². The van der Waals surface area contributed by atoms with Gasteiger partial charge in [0.25, 0.3) is 0 Å². The average Bonchev–Trinajstić information content (AvgIpc) is 2.24. The number of nitrogens with zero attached hydrogens (tertiary/aromatic N) is 1. The Kier molecular flexibility index (Phi) is 3.91. The molecular weight excluding hydrogens is 196 g/mol. The van der Waals surface area contributed by atoms with E-state index in [-0.39, 0.29) is 0 Å². The summed E-state index contributed by atoms with van der Waals surface area (Å²) in [5.74, 6) is 0.961. The molecule has 0 bridgehead atoms. The molecule has 1 saturated carbocycles. The molecule has 1 heterocycles. The second-order valence-corrected chi connectivity index (χ2v) is 6.75. The van der Waals surface area contributed by atoms with Gasteiger partial charge in [0.15, 0.2) is 0 Å². The third-order valence-corrected chi connectivity index (χ3v) is 4.61. The summed E-state index contributed by atoms with van der Waals surface area (Å²) in [6.45, 7) is 8.65. The number of hydrogen-bond acceptors (Lipinski definition) is 2. The van der Waals surface area contributed by atoms with E-state index in [1.54, 1.807) is 0 Å². The third kappa shape index (κ3) is 3.46. The summed E-state index contributed by atoms with van der Waals surface area (Å²) in [6.07, 6.45) is 8.14. The van der Waals surface area contributed by atoms with Gasteiger partial charge in [0.05, 0.1) is 0 Å². The predicted molar refractivity (Wildman–Crippen MR) is 69.4 cm³/mol. The largest absolute Gasteiger partial charge is 0.328 e. The fraction of sp³-hybridized carbons (Fsp3) is 1.00. The van der Waals surface area contributed by atoms with E-state index in [1.165, 1.54) is 58.2 Å². The number of nitrogens with two attached hydrogens (primary N) is 1. The Labute approximate surface area is 101 Å². The Morgan fingerprint density at radius 2 is 1.62 bits per heavy atom. The van der Waals surface area contributed by atoms with E-state index in [9.17, 15) is 0 Å². The van der Waals surface area contributed by atoms with Gasteiger partial charge in [-0.05, 0) is 62.9 Å². The summed E-state index contributed by atoms with van der Waals surface area (Å²) in [5.41, 5.74) is 6.55. The molecule has 2 rings (SSSR count). The summed E-state index contributed by atoms with van der Waals surface area (Å²) >= 11 is 0. The van der Waals surface area contributed by atoms with E-state index in [0.717, 1.165) is 5.92 Å². The fourth-order valence-electron chi connectivity index (χ4n) is 3.14. The van der Waals surface area contributed by atoms with Crippen LogP contribution in [0.15, 0.2) is 0 Å². The lowest BCUT2D eigenvalue weighted by atomic mass is 9.73. The van der Waals surface area contributed by atoms with E-state index < -0.39 is 0 Å². The van der Waals surface area contributed by atoms with Gasteiger partial charge in [-0.1, -0.05) is 13.8 Å². The second-order valence-electron chi connectivity index (χ2n) is 6.75. The zero-order valence-electron chi connectivity index (χ0n) is 11.0. The summed E-state index contributed by atoms with van der Waals surface area (Å²) < 4.78 is 0. The van der Waals surface area contributed by atoms with Crippen molar-refractivity contribution in [2.75, 3.05) is 19.6 Å². The molecule has 0 aromatic heterocycles. The first-order valence-electron chi connectivity index (χ1n) is 7.03. The van der Waals surface area contributed by atoms with Crippen molar-refractivity contribution in [1.29, 1.82) is 0 Å². The highest BCUT2D eigenvalue weighted by Gasteiger charge is 2.28. The molecule has 1 saturated heterocycles. The highest BCUT2D eigenvalue weighted by Crippen LogP contribution is 2.38. The summed E-state index contributed by atoms with van der Waals surface area (Å²) in [7, 11) is 0. The molecule has 2 fully saturated rings. The molecular formula is C14H28N2. The predicted octanol–water partition coefficient (Wildman–Crippen LogP) is 2.63. The topological polar surface area (TPSA) is 29.3 Å². The number of likely N-dealkylation sites (tertiary alicyclic amines) is 1. The van der Waals surface area contributed by atoms with Crippen LogP contribution in [0.25, 0.3) is 0 Å². The van der Waals surface area contributed by atoms with E-state index >= 15 is 0 Å². The van der Waals surface area contributed by atoms with Gasteiger partial charge < -0.3 is 10.6 Å². The summed E-state index contributed by atoms with van der Waals surface area (Å²) in [4.78, 5) is 2.65. The Bertz CT molecular complexity index is 207. The van der Waals surface area contributed by atoms with Crippen molar-refractivity contribution in [1.82, 2.24) is 4.90 Å². The maximum absolute atomic E-state index is 5.94. The van der Waals surface area contributed by atoms with Crippen LogP contribution >= 0.6 is 0 Å². The smallest absolute Gasteiger partial charge is 0.00631 e. The van der Waals surface area contributed by atoms with Crippen LogP contribution in [0.4, 0.5) is 0 Å². The third-order valence-electron chi connectivity index (χ3n) is 4.61. The Morgan fingerprint density at radius 3 is 2.19 bits per heavy atom. The van der Waals surface area contributed by atoms with Gasteiger partial charge >= 0.3 is 0 Å². The standard InChI is InChI=1S/C14H28N2/c1-14(2)7-3-12(4-8-14)11-16-9-5-13(15)6-10-16/h12-13H,3-11,15H2,1-2H3. The molecule has 0 spiro atoms. The molecule has 2 N–H and O–H groups in total. The molecule has 1 aliphatic carbocycles. The number of rotatable bonds is 2. The molecule has 0 amide bonds. The van der Waals surface area contributed by atoms with Crippen LogP contribution < -0.4 is 5.73 Å². The van der Waals surface area contributed by atoms with Crippen LogP contribution in [-0.2, 0) is 0 Å². The van der Waals surface area contributed by atoms with Gasteiger partial charge in [0, 0.05) is 12.6 Å². The molecule has 2 heteroatoms. The van der Waals surface area contributed by atoms with Crippen LogP contribution in [0.1, 0.15) is 52.4 Å². The van der Waals surface area contributed by atoms with Gasteiger partial charge in [-0.3, -0.25) is 0 Å². The van der Waals surface area contributed by atoms with Gasteiger partial charge in [-0.2, -0.15) is 0 Å². The van der Waals surface area contributed by atoms with Crippen LogP contribution in [0, 0.1) is 11.3 Å². The lowest BCUT2D eigenvalue weighted by Gasteiger charge is -2.38. The van der Waals surface area contributed by atoms with Crippen molar-refractivity contribution in [3.63, 3.8) is 0 Å². The highest BCUT2D eigenvalue weighted by atomic mass is 15.1. The zero-order valence-corrected chi connectivity index (χ0v) is 11.0. The van der Waals surface area contributed by atoms with E-state index in [2.05, 4.69) is 18.7 Å². The Morgan fingerprint density at radius 1 is 1.06 bits per heavy atom. The molecule has 94 valence electrons. The van der Waals surface area contributed by atoms with Gasteiger partial charge in [-0.15, -0.1) is 0 Å². The maximum Gasteiger partial charge on any atom is 0.00631 e. The lowest BCUT2D eigenvalue weighted by Crippen LogP contribution is -2.42. The first kappa shape index (κ1) is 12.4. The normalized spacial score (nSPS) is 29.4. The SMILES string of the molecule is CC1(C)CCC(CN2CCC(N)CC2)CC1. The van der Waals surface area contributed by atoms with Crippen molar-refractivity contribution >= 4 is 0 Å². The minimum absolute atomic E-state index is 0.474. The van der Waals surface area contributed by atoms with Gasteiger partial charge in [0.2, 0.25) is 0 Å². The minimum Gasteiger partial charge on any atom is -0.328 e. The second kappa shape index (κ2) is 5.05. The van der Waals surface area contributed by atoms with E-state index in [4.69, 9.17) is 5.73 Å². The maximum atomic E-state index is 5.94. The lowest BCUT2D eigenvalue weighted by molar-refractivity contribution is 0.127. The molecule has 0 atom stereocenters. The fourth-order valence-corrected chi connectivity index (χ4v) is 3.14. The van der Waals surface area contributed by atoms with Gasteiger partial charge in [-0.25, -0.2) is 0 Å².